The average Bonchev–Trinajstić information content (AvgIpc) is 2.48. The van der Waals surface area contributed by atoms with Crippen molar-refractivity contribution in [1.82, 2.24) is 0 Å². The van der Waals surface area contributed by atoms with E-state index in [9.17, 15) is 14.9 Å². The topological polar surface area (TPSA) is 69.4 Å². The van der Waals surface area contributed by atoms with Crippen molar-refractivity contribution in [2.24, 2.45) is 5.41 Å². The first kappa shape index (κ1) is 17.9. The maximum Gasteiger partial charge on any atom is 0.271 e. The highest BCUT2D eigenvalue weighted by Crippen LogP contribution is 2.32. The van der Waals surface area contributed by atoms with Gasteiger partial charge in [-0.15, -0.1) is 0 Å². The maximum atomic E-state index is 12.1. The van der Waals surface area contributed by atoms with E-state index < -0.39 is 10.3 Å². The summed E-state index contributed by atoms with van der Waals surface area (Å²) in [6.45, 7) is 5.64. The van der Waals surface area contributed by atoms with Crippen LogP contribution in [0.3, 0.4) is 0 Å². The van der Waals surface area contributed by atoms with Gasteiger partial charge in [-0.25, -0.2) is 0 Å². The minimum Gasteiger partial charge on any atom is -0.456 e. The van der Waals surface area contributed by atoms with Gasteiger partial charge in [-0.1, -0.05) is 44.5 Å². The Morgan fingerprint density at radius 3 is 2.50 bits per heavy atom. The number of nitro groups is 1. The summed E-state index contributed by atoms with van der Waals surface area (Å²) in [5.74, 6) is 0.972. The zero-order valence-corrected chi connectivity index (χ0v) is 14.5. The second-order valence-electron chi connectivity index (χ2n) is 6.47. The number of Topliss-reactive ketones (excluding diaryl/α,β-unsaturated/α-hetero) is 1. The normalized spacial score (nSPS) is 11.2. The second kappa shape index (κ2) is 7.01. The molecule has 0 saturated carbocycles. The fraction of sp³-hybridized carbons (Fsp3) is 0.278. The summed E-state index contributed by atoms with van der Waals surface area (Å²) < 4.78 is 5.69. The molecule has 0 unspecified atom stereocenters. The lowest BCUT2D eigenvalue weighted by Gasteiger charge is -2.16. The number of benzene rings is 2. The van der Waals surface area contributed by atoms with Crippen LogP contribution in [0.15, 0.2) is 42.5 Å². The number of nitro benzene ring substituents is 1. The summed E-state index contributed by atoms with van der Waals surface area (Å²) in [5, 5.41) is 10.9. The predicted molar refractivity (Wildman–Crippen MR) is 92.8 cm³/mol. The molecule has 2 aromatic carbocycles. The van der Waals surface area contributed by atoms with Crippen LogP contribution in [0.25, 0.3) is 0 Å². The SMILES string of the molecule is CC(C)(C)C(=O)Cc1cccc(Oc2ccc([N+](=O)[O-])cc2Cl)c1. The number of rotatable bonds is 5. The Morgan fingerprint density at radius 2 is 1.92 bits per heavy atom. The number of non-ortho nitro benzene ring substituents is 1. The van der Waals surface area contributed by atoms with E-state index in [1.807, 2.05) is 26.8 Å². The van der Waals surface area contributed by atoms with Crippen molar-refractivity contribution in [3.63, 3.8) is 0 Å². The number of ketones is 1. The van der Waals surface area contributed by atoms with Crippen LogP contribution in [-0.2, 0) is 11.2 Å². The van der Waals surface area contributed by atoms with Gasteiger partial charge in [0.2, 0.25) is 0 Å². The molecule has 0 spiro atoms. The molecule has 0 aliphatic heterocycles. The standard InChI is InChI=1S/C18H18ClNO4/c1-18(2,3)17(21)10-12-5-4-6-14(9-12)24-16-8-7-13(20(22)23)11-15(16)19/h4-9,11H,10H2,1-3H3. The molecule has 0 N–H and O–H groups in total. The molecule has 0 amide bonds. The van der Waals surface area contributed by atoms with Gasteiger partial charge < -0.3 is 4.74 Å². The fourth-order valence-electron chi connectivity index (χ4n) is 1.98. The number of carbonyl (C=O) groups is 1. The first-order chi connectivity index (χ1) is 11.2. The maximum absolute atomic E-state index is 12.1. The van der Waals surface area contributed by atoms with Gasteiger partial charge in [0.15, 0.2) is 0 Å². The van der Waals surface area contributed by atoms with Crippen molar-refractivity contribution in [2.45, 2.75) is 27.2 Å². The number of hydrogen-bond acceptors (Lipinski definition) is 4. The molecule has 2 rings (SSSR count). The Kier molecular flexibility index (Phi) is 5.24. The minimum absolute atomic E-state index is 0.100. The van der Waals surface area contributed by atoms with E-state index in [2.05, 4.69) is 0 Å². The number of halogens is 1. The fourth-order valence-corrected chi connectivity index (χ4v) is 2.20. The van der Waals surface area contributed by atoms with Crippen molar-refractivity contribution in [1.29, 1.82) is 0 Å². The van der Waals surface area contributed by atoms with Gasteiger partial charge in [0.1, 0.15) is 17.3 Å². The van der Waals surface area contributed by atoms with Gasteiger partial charge in [0.05, 0.1) is 9.95 Å². The van der Waals surface area contributed by atoms with Crippen LogP contribution in [0.2, 0.25) is 5.02 Å². The first-order valence-corrected chi connectivity index (χ1v) is 7.78. The van der Waals surface area contributed by atoms with Gasteiger partial charge in [0, 0.05) is 24.0 Å². The predicted octanol–water partition coefficient (Wildman–Crippen LogP) is 5.20. The monoisotopic (exact) mass is 347 g/mol. The largest absolute Gasteiger partial charge is 0.456 e. The van der Waals surface area contributed by atoms with Gasteiger partial charge in [-0.2, -0.15) is 0 Å². The smallest absolute Gasteiger partial charge is 0.271 e. The Morgan fingerprint density at radius 1 is 1.21 bits per heavy atom. The second-order valence-corrected chi connectivity index (χ2v) is 6.88. The molecule has 0 fully saturated rings. The lowest BCUT2D eigenvalue weighted by atomic mass is 9.87. The molecule has 126 valence electrons. The lowest BCUT2D eigenvalue weighted by Crippen LogP contribution is -2.22. The summed E-state index contributed by atoms with van der Waals surface area (Å²) in [7, 11) is 0. The Labute approximate surface area is 145 Å². The molecular weight excluding hydrogens is 330 g/mol. The summed E-state index contributed by atoms with van der Waals surface area (Å²) in [4.78, 5) is 22.3. The van der Waals surface area contributed by atoms with Crippen LogP contribution in [0.5, 0.6) is 11.5 Å². The highest BCUT2D eigenvalue weighted by molar-refractivity contribution is 6.32. The third-order valence-electron chi connectivity index (χ3n) is 3.45. The van der Waals surface area contributed by atoms with Crippen molar-refractivity contribution in [3.8, 4) is 11.5 Å². The number of carbonyl (C=O) groups excluding carboxylic acids is 1. The van der Waals surface area contributed by atoms with Crippen molar-refractivity contribution >= 4 is 23.1 Å². The Balaban J connectivity index is 2.18. The Bertz CT molecular complexity index is 781. The number of nitrogens with zero attached hydrogens (tertiary/aromatic N) is 1. The molecule has 2 aromatic rings. The van der Waals surface area contributed by atoms with E-state index in [4.69, 9.17) is 16.3 Å². The highest BCUT2D eigenvalue weighted by Gasteiger charge is 2.21. The van der Waals surface area contributed by atoms with E-state index >= 15 is 0 Å². The minimum atomic E-state index is -0.519. The van der Waals surface area contributed by atoms with Crippen LogP contribution in [-0.4, -0.2) is 10.7 Å². The van der Waals surface area contributed by atoms with Crippen molar-refractivity contribution in [2.75, 3.05) is 0 Å². The zero-order chi connectivity index (χ0) is 17.9. The molecule has 24 heavy (non-hydrogen) atoms. The molecule has 0 aromatic heterocycles. The summed E-state index contributed by atoms with van der Waals surface area (Å²) >= 11 is 6.02. The van der Waals surface area contributed by atoms with Gasteiger partial charge in [-0.3, -0.25) is 14.9 Å². The number of hydrogen-bond donors (Lipinski definition) is 0. The number of ether oxygens (including phenoxy) is 1. The molecule has 0 bridgehead atoms. The molecule has 6 heteroatoms. The van der Waals surface area contributed by atoms with Crippen molar-refractivity contribution < 1.29 is 14.5 Å². The first-order valence-electron chi connectivity index (χ1n) is 7.41. The van der Waals surface area contributed by atoms with Crippen LogP contribution in [0.1, 0.15) is 26.3 Å². The molecule has 0 aliphatic carbocycles. The van der Waals surface area contributed by atoms with Gasteiger partial charge >= 0.3 is 0 Å². The van der Waals surface area contributed by atoms with Crippen LogP contribution in [0.4, 0.5) is 5.69 Å². The quantitative estimate of drug-likeness (QED) is 0.550. The van der Waals surface area contributed by atoms with Crippen LogP contribution < -0.4 is 4.74 Å². The third kappa shape index (κ3) is 4.55. The van der Waals surface area contributed by atoms with E-state index in [0.29, 0.717) is 17.9 Å². The average molecular weight is 348 g/mol. The van der Waals surface area contributed by atoms with E-state index in [1.165, 1.54) is 18.2 Å². The molecule has 0 radical (unpaired) electrons. The molecule has 0 atom stereocenters. The summed E-state index contributed by atoms with van der Waals surface area (Å²) in [6.07, 6.45) is 0.314. The van der Waals surface area contributed by atoms with Gasteiger partial charge in [-0.05, 0) is 23.8 Å². The van der Waals surface area contributed by atoms with Gasteiger partial charge in [0.25, 0.3) is 5.69 Å². The van der Waals surface area contributed by atoms with Crippen LogP contribution in [0, 0.1) is 15.5 Å². The van der Waals surface area contributed by atoms with Crippen molar-refractivity contribution in [3.05, 3.63) is 63.2 Å². The highest BCUT2D eigenvalue weighted by atomic mass is 35.5. The molecule has 0 aliphatic rings. The third-order valence-corrected chi connectivity index (χ3v) is 3.75. The molecular formula is C18H18ClNO4. The van der Waals surface area contributed by atoms with E-state index in [0.717, 1.165) is 5.56 Å². The van der Waals surface area contributed by atoms with E-state index in [1.54, 1.807) is 18.2 Å². The molecule has 0 heterocycles. The van der Waals surface area contributed by atoms with E-state index in [-0.39, 0.29) is 16.5 Å². The lowest BCUT2D eigenvalue weighted by molar-refractivity contribution is -0.384. The Hall–Kier alpha value is -2.40. The van der Waals surface area contributed by atoms with Crippen LogP contribution >= 0.6 is 11.6 Å². The summed E-state index contributed by atoms with van der Waals surface area (Å²) in [5.41, 5.74) is 0.334. The molecule has 5 nitrogen and oxygen atoms in total. The zero-order valence-electron chi connectivity index (χ0n) is 13.7. The molecule has 0 saturated heterocycles. The summed E-state index contributed by atoms with van der Waals surface area (Å²) in [6, 6.07) is 11.2.